The fourth-order valence-electron chi connectivity index (χ4n) is 1.21. The second-order valence-electron chi connectivity index (χ2n) is 3.75. The molecule has 0 aliphatic carbocycles. The van der Waals surface area contributed by atoms with E-state index < -0.39 is 30.3 Å². The lowest BCUT2D eigenvalue weighted by molar-refractivity contribution is -0.345. The van der Waals surface area contributed by atoms with Crippen molar-refractivity contribution < 1.29 is 32.3 Å². The summed E-state index contributed by atoms with van der Waals surface area (Å²) in [6.45, 7) is -0.516. The van der Waals surface area contributed by atoms with Crippen molar-refractivity contribution in [1.82, 2.24) is 5.32 Å². The molecule has 0 aromatic heterocycles. The first-order chi connectivity index (χ1) is 9.09. The molecule has 1 amide bonds. The van der Waals surface area contributed by atoms with Gasteiger partial charge in [-0.3, -0.25) is 4.79 Å². The molecule has 1 aromatic rings. The van der Waals surface area contributed by atoms with E-state index in [1.807, 2.05) is 0 Å². The van der Waals surface area contributed by atoms with E-state index in [1.165, 1.54) is 29.6 Å². The van der Waals surface area contributed by atoms with Gasteiger partial charge in [0.05, 0.1) is 0 Å². The Balaban J connectivity index is 2.78. The van der Waals surface area contributed by atoms with Crippen LogP contribution in [0.1, 0.15) is 5.56 Å². The molecule has 0 aliphatic rings. The lowest BCUT2D eigenvalue weighted by Crippen LogP contribution is -2.60. The highest BCUT2D eigenvalue weighted by Crippen LogP contribution is 2.34. The van der Waals surface area contributed by atoms with Gasteiger partial charge in [0.2, 0.25) is 0 Å². The van der Waals surface area contributed by atoms with Gasteiger partial charge in [-0.15, -0.1) is 0 Å². The van der Waals surface area contributed by atoms with Crippen LogP contribution in [0.15, 0.2) is 24.3 Å². The molecular formula is C11H7ClF4NO3-. The molecule has 0 unspecified atom stereocenters. The lowest BCUT2D eigenvalue weighted by Gasteiger charge is -2.25. The molecule has 0 atom stereocenters. The van der Waals surface area contributed by atoms with E-state index in [-0.39, 0.29) is 10.6 Å². The third-order valence-electron chi connectivity index (χ3n) is 2.28. The topological polar surface area (TPSA) is 69.2 Å². The number of alkyl halides is 4. The first kappa shape index (κ1) is 16.2. The van der Waals surface area contributed by atoms with Gasteiger partial charge in [0.25, 0.3) is 5.91 Å². The molecule has 0 radical (unpaired) electrons. The third-order valence-corrected chi connectivity index (χ3v) is 2.51. The van der Waals surface area contributed by atoms with Crippen LogP contribution < -0.4 is 10.4 Å². The number of nitrogens with one attached hydrogen (secondary N) is 1. The number of carbonyl (C=O) groups is 2. The van der Waals surface area contributed by atoms with Crippen LogP contribution >= 0.6 is 11.6 Å². The van der Waals surface area contributed by atoms with Gasteiger partial charge in [0.1, 0.15) is 5.97 Å². The number of amides is 1. The zero-order valence-electron chi connectivity index (χ0n) is 9.63. The van der Waals surface area contributed by atoms with E-state index in [9.17, 15) is 32.3 Å². The monoisotopic (exact) mass is 312 g/mol. The summed E-state index contributed by atoms with van der Waals surface area (Å²) in [4.78, 5) is 21.0. The van der Waals surface area contributed by atoms with E-state index >= 15 is 0 Å². The van der Waals surface area contributed by atoms with Crippen molar-refractivity contribution >= 4 is 23.5 Å². The maximum absolute atomic E-state index is 13.0. The second kappa shape index (κ2) is 5.66. The number of carboxylic acids is 1. The quantitative estimate of drug-likeness (QED) is 0.824. The summed E-state index contributed by atoms with van der Waals surface area (Å²) in [5, 5.41) is 11.7. The fraction of sp³-hybridized carbons (Fsp3) is 0.273. The predicted octanol–water partition coefficient (Wildman–Crippen LogP) is 0.977. The molecule has 9 heteroatoms. The first-order valence-corrected chi connectivity index (χ1v) is 5.46. The van der Waals surface area contributed by atoms with Gasteiger partial charge in [-0.1, -0.05) is 23.7 Å². The van der Waals surface area contributed by atoms with Crippen molar-refractivity contribution in [3.05, 3.63) is 34.9 Å². The molecule has 110 valence electrons. The predicted molar refractivity (Wildman–Crippen MR) is 58.2 cm³/mol. The van der Waals surface area contributed by atoms with E-state index in [4.69, 9.17) is 11.6 Å². The summed E-state index contributed by atoms with van der Waals surface area (Å²) in [7, 11) is 0. The van der Waals surface area contributed by atoms with Gasteiger partial charge in [-0.05, 0) is 17.7 Å². The molecule has 0 saturated heterocycles. The molecule has 1 N–H and O–H groups in total. The Bertz CT molecular complexity index is 536. The molecule has 1 aromatic carbocycles. The standard InChI is InChI=1S/C11H8ClF4NO3/c12-7-3-1-2-6(4-7)5-17-8(18)10(13,14)11(15,16)9(19)20/h1-4H,5H2,(H,17,18)(H,19,20)/p-1. The SMILES string of the molecule is O=C([O-])C(F)(F)C(F)(F)C(=O)NCc1cccc(Cl)c1. The maximum atomic E-state index is 13.0. The summed E-state index contributed by atoms with van der Waals surface area (Å²) >= 11 is 5.60. The van der Waals surface area contributed by atoms with Gasteiger partial charge >= 0.3 is 11.8 Å². The molecular weight excluding hydrogens is 306 g/mol. The lowest BCUT2D eigenvalue weighted by atomic mass is 10.1. The summed E-state index contributed by atoms with van der Waals surface area (Å²) in [5.74, 6) is -16.8. The Labute approximate surface area is 115 Å². The van der Waals surface area contributed by atoms with Crippen LogP contribution in [0, 0.1) is 0 Å². The molecule has 1 rings (SSSR count). The summed E-state index contributed by atoms with van der Waals surface area (Å²) in [5.41, 5.74) is 0.276. The van der Waals surface area contributed by atoms with Crippen LogP contribution in [0.5, 0.6) is 0 Å². The van der Waals surface area contributed by atoms with Crippen LogP contribution in [-0.4, -0.2) is 23.7 Å². The minimum Gasteiger partial charge on any atom is -0.544 e. The van der Waals surface area contributed by atoms with E-state index in [2.05, 4.69) is 0 Å². The number of rotatable bonds is 5. The summed E-state index contributed by atoms with van der Waals surface area (Å²) < 4.78 is 51.4. The number of hydrogen-bond acceptors (Lipinski definition) is 3. The molecule has 0 aliphatic heterocycles. The minimum absolute atomic E-state index is 0.253. The highest BCUT2D eigenvalue weighted by atomic mass is 35.5. The van der Waals surface area contributed by atoms with Crippen molar-refractivity contribution in [3.8, 4) is 0 Å². The smallest absolute Gasteiger partial charge is 0.391 e. The van der Waals surface area contributed by atoms with Crippen molar-refractivity contribution in [3.63, 3.8) is 0 Å². The van der Waals surface area contributed by atoms with Gasteiger partial charge in [0, 0.05) is 11.6 Å². The number of aliphatic carboxylic acids is 1. The molecule has 0 fully saturated rings. The first-order valence-electron chi connectivity index (χ1n) is 5.09. The number of carbonyl (C=O) groups excluding carboxylic acids is 2. The van der Waals surface area contributed by atoms with Crippen LogP contribution in [0.4, 0.5) is 17.6 Å². The fourth-order valence-corrected chi connectivity index (χ4v) is 1.42. The normalized spacial score (nSPS) is 12.1. The second-order valence-corrected chi connectivity index (χ2v) is 4.19. The molecule has 4 nitrogen and oxygen atoms in total. The number of carboxylic acid groups (broad SMARTS) is 1. The third kappa shape index (κ3) is 3.19. The average Bonchev–Trinajstić information content (AvgIpc) is 2.35. The van der Waals surface area contributed by atoms with Gasteiger partial charge in [0.15, 0.2) is 0 Å². The van der Waals surface area contributed by atoms with Crippen LogP contribution in [0.2, 0.25) is 5.02 Å². The largest absolute Gasteiger partial charge is 0.544 e. The van der Waals surface area contributed by atoms with Crippen LogP contribution in [-0.2, 0) is 16.1 Å². The Hall–Kier alpha value is -1.83. The number of benzene rings is 1. The zero-order chi connectivity index (χ0) is 15.6. The zero-order valence-corrected chi connectivity index (χ0v) is 10.4. The minimum atomic E-state index is -5.61. The van der Waals surface area contributed by atoms with Crippen molar-refractivity contribution in [1.29, 1.82) is 0 Å². The summed E-state index contributed by atoms with van der Waals surface area (Å²) in [6, 6.07) is 5.65. The number of halogens is 5. The Morgan fingerprint density at radius 1 is 1.20 bits per heavy atom. The van der Waals surface area contributed by atoms with Crippen molar-refractivity contribution in [2.24, 2.45) is 0 Å². The molecule has 0 heterocycles. The van der Waals surface area contributed by atoms with E-state index in [0.29, 0.717) is 0 Å². The van der Waals surface area contributed by atoms with E-state index in [0.717, 1.165) is 0 Å². The molecule has 0 bridgehead atoms. The van der Waals surface area contributed by atoms with Crippen molar-refractivity contribution in [2.75, 3.05) is 0 Å². The van der Waals surface area contributed by atoms with Crippen LogP contribution in [0.25, 0.3) is 0 Å². The van der Waals surface area contributed by atoms with Gasteiger partial charge in [-0.2, -0.15) is 17.6 Å². The highest BCUT2D eigenvalue weighted by Gasteiger charge is 2.63. The summed E-state index contributed by atoms with van der Waals surface area (Å²) in [6.07, 6.45) is 0. The van der Waals surface area contributed by atoms with Gasteiger partial charge in [-0.25, -0.2) is 0 Å². The Kier molecular flexibility index (Phi) is 4.59. The van der Waals surface area contributed by atoms with Crippen molar-refractivity contribution in [2.45, 2.75) is 18.4 Å². The highest BCUT2D eigenvalue weighted by molar-refractivity contribution is 6.30. The average molecular weight is 313 g/mol. The molecule has 20 heavy (non-hydrogen) atoms. The molecule has 0 spiro atoms. The number of hydrogen-bond donors (Lipinski definition) is 1. The Morgan fingerprint density at radius 2 is 1.80 bits per heavy atom. The Morgan fingerprint density at radius 3 is 2.30 bits per heavy atom. The molecule has 0 saturated carbocycles. The van der Waals surface area contributed by atoms with Crippen LogP contribution in [0.3, 0.4) is 0 Å². The van der Waals surface area contributed by atoms with Gasteiger partial charge < -0.3 is 15.2 Å². The van der Waals surface area contributed by atoms with E-state index in [1.54, 1.807) is 0 Å². The maximum Gasteiger partial charge on any atom is 0.391 e.